The fraction of sp³-hybridized carbons (Fsp3) is 0.800. The van der Waals surface area contributed by atoms with Crippen molar-refractivity contribution >= 4 is 17.7 Å². The Morgan fingerprint density at radius 3 is 2.58 bits per heavy atom. The number of unbranched alkanes of at least 4 members (excludes halogenated alkanes) is 3. The predicted molar refractivity (Wildman–Crippen MR) is 90.3 cm³/mol. The third-order valence-corrected chi connectivity index (χ3v) is 4.45. The van der Waals surface area contributed by atoms with Crippen molar-refractivity contribution in [3.05, 3.63) is 12.7 Å². The zero-order valence-electron chi connectivity index (χ0n) is 13.3. The second-order valence-electron chi connectivity index (χ2n) is 5.42. The molecule has 0 heterocycles. The van der Waals surface area contributed by atoms with Gasteiger partial charge in [0, 0.05) is 31.9 Å². The average molecular weight is 286 g/mol. The number of nitrogens with zero attached hydrogens (tertiary/aromatic N) is 2. The Labute approximate surface area is 123 Å². The van der Waals surface area contributed by atoms with E-state index >= 15 is 0 Å². The van der Waals surface area contributed by atoms with Crippen LogP contribution in [-0.4, -0.2) is 49.0 Å². The summed E-state index contributed by atoms with van der Waals surface area (Å²) in [6.45, 7) is 10.2. The Hall–Kier alpha value is -0.640. The molecular formula is C15H31N3S. The lowest BCUT2D eigenvalue weighted by Crippen LogP contribution is -2.44. The summed E-state index contributed by atoms with van der Waals surface area (Å²) in [7, 11) is 3.96. The van der Waals surface area contributed by atoms with Gasteiger partial charge in [-0.3, -0.25) is 4.99 Å². The molecule has 0 rings (SSSR count). The highest BCUT2D eigenvalue weighted by molar-refractivity contribution is 7.99. The molecule has 0 atom stereocenters. The van der Waals surface area contributed by atoms with E-state index < -0.39 is 0 Å². The van der Waals surface area contributed by atoms with Crippen LogP contribution < -0.4 is 5.32 Å². The van der Waals surface area contributed by atoms with Crippen LogP contribution in [0.4, 0.5) is 0 Å². The van der Waals surface area contributed by atoms with Gasteiger partial charge in [0.05, 0.1) is 0 Å². The number of allylic oxidation sites excluding steroid dienone is 1. The van der Waals surface area contributed by atoms with E-state index in [4.69, 9.17) is 0 Å². The van der Waals surface area contributed by atoms with Gasteiger partial charge >= 0.3 is 0 Å². The number of rotatable bonds is 9. The molecule has 0 saturated heterocycles. The summed E-state index contributed by atoms with van der Waals surface area (Å²) < 4.78 is 0.237. The van der Waals surface area contributed by atoms with Crippen molar-refractivity contribution in [2.24, 2.45) is 4.99 Å². The molecule has 0 bridgehead atoms. The van der Waals surface area contributed by atoms with E-state index in [-0.39, 0.29) is 4.75 Å². The van der Waals surface area contributed by atoms with Crippen LogP contribution in [-0.2, 0) is 0 Å². The summed E-state index contributed by atoms with van der Waals surface area (Å²) in [6.07, 6.45) is 8.96. The van der Waals surface area contributed by atoms with E-state index in [0.717, 1.165) is 25.5 Å². The van der Waals surface area contributed by atoms with E-state index in [1.165, 1.54) is 19.3 Å². The normalized spacial score (nSPS) is 12.4. The van der Waals surface area contributed by atoms with Crippen molar-refractivity contribution < 1.29 is 0 Å². The van der Waals surface area contributed by atoms with Gasteiger partial charge in [-0.15, -0.1) is 6.58 Å². The minimum Gasteiger partial charge on any atom is -0.355 e. The number of hydrogen-bond acceptors (Lipinski definition) is 2. The van der Waals surface area contributed by atoms with E-state index in [0.29, 0.717) is 0 Å². The monoisotopic (exact) mass is 285 g/mol. The minimum absolute atomic E-state index is 0.237. The molecule has 0 aromatic heterocycles. The molecule has 19 heavy (non-hydrogen) atoms. The second-order valence-corrected chi connectivity index (χ2v) is 6.94. The second kappa shape index (κ2) is 10.2. The molecule has 4 heteroatoms. The molecule has 0 fully saturated rings. The average Bonchev–Trinajstić information content (AvgIpc) is 2.39. The molecule has 1 N–H and O–H groups in total. The fourth-order valence-electron chi connectivity index (χ4n) is 1.67. The first kappa shape index (κ1) is 18.4. The molecule has 0 aromatic carbocycles. The van der Waals surface area contributed by atoms with Crippen LogP contribution in [0.3, 0.4) is 0 Å². The van der Waals surface area contributed by atoms with Gasteiger partial charge in [-0.1, -0.05) is 12.5 Å². The topological polar surface area (TPSA) is 27.6 Å². The number of nitrogens with one attached hydrogen (secondary N) is 1. The van der Waals surface area contributed by atoms with Crippen LogP contribution >= 0.6 is 11.8 Å². The van der Waals surface area contributed by atoms with Crippen LogP contribution in [0.25, 0.3) is 0 Å². The van der Waals surface area contributed by atoms with Crippen LogP contribution in [0.5, 0.6) is 0 Å². The minimum atomic E-state index is 0.237. The number of aliphatic imine (C=N–C) groups is 1. The van der Waals surface area contributed by atoms with Gasteiger partial charge in [0.2, 0.25) is 0 Å². The van der Waals surface area contributed by atoms with E-state index in [2.05, 4.69) is 48.9 Å². The first-order chi connectivity index (χ1) is 8.96. The van der Waals surface area contributed by atoms with Gasteiger partial charge < -0.3 is 10.2 Å². The zero-order chi connectivity index (χ0) is 14.7. The van der Waals surface area contributed by atoms with E-state index in [1.54, 1.807) is 0 Å². The number of thioether (sulfide) groups is 1. The Morgan fingerprint density at radius 2 is 2.05 bits per heavy atom. The molecule has 112 valence electrons. The SMILES string of the molecule is C=CCCCCCN(C)C(=NC)NCC(C)(C)SC. The van der Waals surface area contributed by atoms with Crippen molar-refractivity contribution in [1.29, 1.82) is 0 Å². The Morgan fingerprint density at radius 1 is 1.37 bits per heavy atom. The van der Waals surface area contributed by atoms with Crippen LogP contribution in [0.2, 0.25) is 0 Å². The van der Waals surface area contributed by atoms with Crippen LogP contribution in [0.1, 0.15) is 39.5 Å². The van der Waals surface area contributed by atoms with Gasteiger partial charge in [-0.05, 0) is 39.4 Å². The predicted octanol–water partition coefficient (Wildman–Crippen LogP) is 3.38. The van der Waals surface area contributed by atoms with E-state index in [9.17, 15) is 0 Å². The number of hydrogen-bond donors (Lipinski definition) is 1. The van der Waals surface area contributed by atoms with Crippen molar-refractivity contribution in [1.82, 2.24) is 10.2 Å². The van der Waals surface area contributed by atoms with Crippen LogP contribution in [0, 0.1) is 0 Å². The maximum absolute atomic E-state index is 4.35. The van der Waals surface area contributed by atoms with Crippen molar-refractivity contribution in [2.45, 2.75) is 44.3 Å². The third kappa shape index (κ3) is 8.98. The van der Waals surface area contributed by atoms with Crippen LogP contribution in [0.15, 0.2) is 17.6 Å². The lowest BCUT2D eigenvalue weighted by Gasteiger charge is -2.27. The highest BCUT2D eigenvalue weighted by Crippen LogP contribution is 2.19. The Balaban J connectivity index is 3.98. The summed E-state index contributed by atoms with van der Waals surface area (Å²) >= 11 is 1.87. The zero-order valence-corrected chi connectivity index (χ0v) is 14.1. The third-order valence-electron chi connectivity index (χ3n) is 3.20. The molecule has 0 aliphatic heterocycles. The first-order valence-electron chi connectivity index (χ1n) is 7.04. The largest absolute Gasteiger partial charge is 0.355 e. The maximum Gasteiger partial charge on any atom is 0.193 e. The smallest absolute Gasteiger partial charge is 0.193 e. The van der Waals surface area contributed by atoms with Crippen molar-refractivity contribution in [2.75, 3.05) is 33.4 Å². The summed E-state index contributed by atoms with van der Waals surface area (Å²) in [5.41, 5.74) is 0. The lowest BCUT2D eigenvalue weighted by atomic mass is 10.2. The van der Waals surface area contributed by atoms with Gasteiger partial charge in [0.25, 0.3) is 0 Å². The van der Waals surface area contributed by atoms with E-state index in [1.807, 2.05) is 24.9 Å². The molecule has 0 unspecified atom stereocenters. The lowest BCUT2D eigenvalue weighted by molar-refractivity contribution is 0.452. The molecule has 0 spiro atoms. The molecule has 0 aromatic rings. The van der Waals surface area contributed by atoms with Gasteiger partial charge in [0.15, 0.2) is 5.96 Å². The van der Waals surface area contributed by atoms with Gasteiger partial charge in [-0.25, -0.2) is 0 Å². The Kier molecular flexibility index (Phi) is 9.84. The van der Waals surface area contributed by atoms with Gasteiger partial charge in [-0.2, -0.15) is 11.8 Å². The molecule has 0 aliphatic rings. The van der Waals surface area contributed by atoms with Crippen molar-refractivity contribution in [3.63, 3.8) is 0 Å². The Bertz CT molecular complexity index is 275. The fourth-order valence-corrected chi connectivity index (χ4v) is 1.89. The highest BCUT2D eigenvalue weighted by atomic mass is 32.2. The number of guanidine groups is 1. The molecule has 3 nitrogen and oxygen atoms in total. The maximum atomic E-state index is 4.35. The summed E-state index contributed by atoms with van der Waals surface area (Å²) in [5.74, 6) is 0.992. The molecule has 0 radical (unpaired) electrons. The quantitative estimate of drug-likeness (QED) is 0.305. The molecular weight excluding hydrogens is 254 g/mol. The summed E-state index contributed by atoms with van der Waals surface area (Å²) in [4.78, 5) is 6.56. The summed E-state index contributed by atoms with van der Waals surface area (Å²) in [6, 6.07) is 0. The molecule has 0 amide bonds. The summed E-state index contributed by atoms with van der Waals surface area (Å²) in [5, 5.41) is 3.45. The highest BCUT2D eigenvalue weighted by Gasteiger charge is 2.17. The standard InChI is InChI=1S/C15H31N3S/c1-7-8-9-10-11-12-18(5)14(16-4)17-13-15(2,3)19-6/h7H,1,8-13H2,2-6H3,(H,16,17). The first-order valence-corrected chi connectivity index (χ1v) is 8.27. The van der Waals surface area contributed by atoms with Crippen molar-refractivity contribution in [3.8, 4) is 0 Å². The van der Waals surface area contributed by atoms with Gasteiger partial charge in [0.1, 0.15) is 0 Å². The molecule has 0 saturated carbocycles. The molecule has 0 aliphatic carbocycles.